The highest BCUT2D eigenvalue weighted by atomic mass is 16.5. The average Bonchev–Trinajstić information content (AvgIpc) is 3.23. The monoisotopic (exact) mass is 357 g/mol. The van der Waals surface area contributed by atoms with Crippen LogP contribution in [0, 0.1) is 5.92 Å². The quantitative estimate of drug-likeness (QED) is 0.837. The van der Waals surface area contributed by atoms with Gasteiger partial charge in [0.25, 0.3) is 5.91 Å². The SMILES string of the molecule is CCOc1ccc(C2C(C(=O)C(C)C)=C(O)C(=O)N2C2CCCC2)cc1. The Balaban J connectivity index is 2.03. The second kappa shape index (κ2) is 7.52. The Bertz CT molecular complexity index is 714. The lowest BCUT2D eigenvalue weighted by molar-refractivity contribution is -0.131. The first-order chi connectivity index (χ1) is 12.5. The molecule has 0 saturated heterocycles. The van der Waals surface area contributed by atoms with E-state index in [1.165, 1.54) is 0 Å². The van der Waals surface area contributed by atoms with Crippen LogP contribution in [0.2, 0.25) is 0 Å². The fourth-order valence-electron chi connectivity index (χ4n) is 3.99. The molecule has 5 nitrogen and oxygen atoms in total. The van der Waals surface area contributed by atoms with Gasteiger partial charge in [-0.3, -0.25) is 9.59 Å². The van der Waals surface area contributed by atoms with Crippen molar-refractivity contribution in [3.8, 4) is 5.75 Å². The van der Waals surface area contributed by atoms with E-state index < -0.39 is 11.9 Å². The number of ketones is 1. The first-order valence-electron chi connectivity index (χ1n) is 9.48. The van der Waals surface area contributed by atoms with E-state index in [0.717, 1.165) is 37.0 Å². The maximum absolute atomic E-state index is 12.8. The third-order valence-corrected chi connectivity index (χ3v) is 5.26. The van der Waals surface area contributed by atoms with E-state index in [-0.39, 0.29) is 29.1 Å². The zero-order valence-corrected chi connectivity index (χ0v) is 15.7. The summed E-state index contributed by atoms with van der Waals surface area (Å²) in [5, 5.41) is 10.5. The summed E-state index contributed by atoms with van der Waals surface area (Å²) in [5.41, 5.74) is 1.07. The number of carbonyl (C=O) groups excluding carboxylic acids is 2. The molecule has 140 valence electrons. The highest BCUT2D eigenvalue weighted by molar-refractivity contribution is 6.09. The zero-order valence-electron chi connectivity index (χ0n) is 15.7. The van der Waals surface area contributed by atoms with Crippen LogP contribution in [0.15, 0.2) is 35.6 Å². The van der Waals surface area contributed by atoms with Crippen molar-refractivity contribution in [3.63, 3.8) is 0 Å². The van der Waals surface area contributed by atoms with E-state index in [2.05, 4.69) is 0 Å². The summed E-state index contributed by atoms with van der Waals surface area (Å²) in [7, 11) is 0. The van der Waals surface area contributed by atoms with E-state index >= 15 is 0 Å². The zero-order chi connectivity index (χ0) is 18.8. The molecule has 3 rings (SSSR count). The second-order valence-electron chi connectivity index (χ2n) is 7.34. The number of hydrogen-bond donors (Lipinski definition) is 1. The van der Waals surface area contributed by atoms with Gasteiger partial charge in [0, 0.05) is 12.0 Å². The minimum Gasteiger partial charge on any atom is -0.503 e. The molecule has 1 saturated carbocycles. The molecule has 0 radical (unpaired) electrons. The molecule has 0 aromatic heterocycles. The molecule has 1 amide bonds. The summed E-state index contributed by atoms with van der Waals surface area (Å²) < 4.78 is 5.50. The standard InChI is InChI=1S/C21H27NO4/c1-4-26-16-11-9-14(10-12-16)18-17(19(23)13(2)3)20(24)21(25)22(18)15-7-5-6-8-15/h9-13,15,18,24H,4-8H2,1-3H3. The third-order valence-electron chi connectivity index (χ3n) is 5.26. The maximum Gasteiger partial charge on any atom is 0.290 e. The normalized spacial score (nSPS) is 21.2. The molecule has 1 atom stereocenters. The van der Waals surface area contributed by atoms with Gasteiger partial charge in [-0.05, 0) is 37.5 Å². The number of aliphatic hydroxyl groups is 1. The van der Waals surface area contributed by atoms with Gasteiger partial charge in [-0.2, -0.15) is 0 Å². The van der Waals surface area contributed by atoms with Crippen molar-refractivity contribution < 1.29 is 19.4 Å². The number of benzene rings is 1. The van der Waals surface area contributed by atoms with E-state index in [0.29, 0.717) is 6.61 Å². The van der Waals surface area contributed by atoms with Gasteiger partial charge in [-0.1, -0.05) is 38.8 Å². The number of amides is 1. The largest absolute Gasteiger partial charge is 0.503 e. The van der Waals surface area contributed by atoms with Gasteiger partial charge in [-0.15, -0.1) is 0 Å². The van der Waals surface area contributed by atoms with Crippen LogP contribution in [0.1, 0.15) is 58.1 Å². The molecule has 1 aromatic rings. The number of carbonyl (C=O) groups is 2. The maximum atomic E-state index is 12.8. The summed E-state index contributed by atoms with van der Waals surface area (Å²) in [6, 6.07) is 7.02. The van der Waals surface area contributed by atoms with Crippen LogP contribution in [-0.4, -0.2) is 34.3 Å². The molecule has 5 heteroatoms. The van der Waals surface area contributed by atoms with Crippen LogP contribution in [0.5, 0.6) is 5.75 Å². The highest BCUT2D eigenvalue weighted by Crippen LogP contribution is 2.43. The molecule has 1 fully saturated rings. The van der Waals surface area contributed by atoms with Crippen LogP contribution in [0.4, 0.5) is 0 Å². The Morgan fingerprint density at radius 3 is 2.38 bits per heavy atom. The highest BCUT2D eigenvalue weighted by Gasteiger charge is 2.47. The number of rotatable bonds is 6. The van der Waals surface area contributed by atoms with Crippen LogP contribution < -0.4 is 4.74 Å². The Kier molecular flexibility index (Phi) is 5.35. The molecule has 1 N–H and O–H groups in total. The number of hydrogen-bond acceptors (Lipinski definition) is 4. The summed E-state index contributed by atoms with van der Waals surface area (Å²) in [6.07, 6.45) is 3.96. The Labute approximate surface area is 154 Å². The van der Waals surface area contributed by atoms with Gasteiger partial charge in [0.15, 0.2) is 11.5 Å². The van der Waals surface area contributed by atoms with Crippen LogP contribution in [0.25, 0.3) is 0 Å². The number of aliphatic hydroxyl groups excluding tert-OH is 1. The summed E-state index contributed by atoms with van der Waals surface area (Å²) in [6.45, 7) is 6.08. The third kappa shape index (κ3) is 3.22. The molecule has 0 bridgehead atoms. The molecule has 1 aliphatic heterocycles. The van der Waals surface area contributed by atoms with Crippen molar-refractivity contribution >= 4 is 11.7 Å². The smallest absolute Gasteiger partial charge is 0.290 e. The van der Waals surface area contributed by atoms with Gasteiger partial charge in [0.2, 0.25) is 0 Å². The molecule has 1 unspecified atom stereocenters. The van der Waals surface area contributed by atoms with Gasteiger partial charge >= 0.3 is 0 Å². The Morgan fingerprint density at radius 2 is 1.85 bits per heavy atom. The fraction of sp³-hybridized carbons (Fsp3) is 0.524. The van der Waals surface area contributed by atoms with E-state index in [1.807, 2.05) is 31.2 Å². The summed E-state index contributed by atoms with van der Waals surface area (Å²) in [5.74, 6) is -0.504. The van der Waals surface area contributed by atoms with Crippen molar-refractivity contribution in [2.24, 2.45) is 5.92 Å². The van der Waals surface area contributed by atoms with Gasteiger partial charge in [0.05, 0.1) is 18.2 Å². The van der Waals surface area contributed by atoms with Crippen LogP contribution in [0.3, 0.4) is 0 Å². The van der Waals surface area contributed by atoms with Crippen molar-refractivity contribution in [1.29, 1.82) is 0 Å². The fourth-order valence-corrected chi connectivity index (χ4v) is 3.99. The lowest BCUT2D eigenvalue weighted by atomic mass is 9.90. The van der Waals surface area contributed by atoms with Gasteiger partial charge < -0.3 is 14.7 Å². The predicted octanol–water partition coefficient (Wildman–Crippen LogP) is 3.95. The topological polar surface area (TPSA) is 66.8 Å². The molecule has 1 heterocycles. The van der Waals surface area contributed by atoms with Gasteiger partial charge in [-0.25, -0.2) is 0 Å². The summed E-state index contributed by atoms with van der Waals surface area (Å²) >= 11 is 0. The van der Waals surface area contributed by atoms with Crippen LogP contribution >= 0.6 is 0 Å². The van der Waals surface area contributed by atoms with E-state index in [9.17, 15) is 14.7 Å². The first-order valence-corrected chi connectivity index (χ1v) is 9.48. The lowest BCUT2D eigenvalue weighted by Gasteiger charge is -2.32. The predicted molar refractivity (Wildman–Crippen MR) is 99.0 cm³/mol. The Morgan fingerprint density at radius 1 is 1.23 bits per heavy atom. The molecule has 0 spiro atoms. The summed E-state index contributed by atoms with van der Waals surface area (Å²) in [4.78, 5) is 27.3. The number of ether oxygens (including phenoxy) is 1. The first kappa shape index (κ1) is 18.5. The minimum atomic E-state index is -0.517. The van der Waals surface area contributed by atoms with E-state index in [4.69, 9.17) is 4.74 Å². The molecular formula is C21H27NO4. The lowest BCUT2D eigenvalue weighted by Crippen LogP contribution is -2.38. The van der Waals surface area contributed by atoms with Gasteiger partial charge in [0.1, 0.15) is 5.75 Å². The average molecular weight is 357 g/mol. The Hall–Kier alpha value is -2.30. The van der Waals surface area contributed by atoms with Crippen molar-refractivity contribution in [1.82, 2.24) is 4.90 Å². The molecule has 1 aromatic carbocycles. The number of Topliss-reactive ketones (excluding diaryl/α,β-unsaturated/α-hetero) is 1. The van der Waals surface area contributed by atoms with Crippen molar-refractivity contribution in [3.05, 3.63) is 41.2 Å². The molecule has 1 aliphatic carbocycles. The molecule has 26 heavy (non-hydrogen) atoms. The number of nitrogens with zero attached hydrogens (tertiary/aromatic N) is 1. The van der Waals surface area contributed by atoms with E-state index in [1.54, 1.807) is 18.7 Å². The minimum absolute atomic E-state index is 0.0682. The van der Waals surface area contributed by atoms with Crippen LogP contribution in [-0.2, 0) is 9.59 Å². The molecule has 2 aliphatic rings. The second-order valence-corrected chi connectivity index (χ2v) is 7.34. The molecular weight excluding hydrogens is 330 g/mol. The van der Waals surface area contributed by atoms with Crippen molar-refractivity contribution in [2.75, 3.05) is 6.61 Å². The van der Waals surface area contributed by atoms with Crippen molar-refractivity contribution in [2.45, 2.75) is 58.5 Å².